The maximum Gasteiger partial charge on any atom is 0.274 e. The lowest BCUT2D eigenvalue weighted by Crippen LogP contribution is -2.34. The van der Waals surface area contributed by atoms with Crippen LogP contribution in [-0.4, -0.2) is 24.1 Å². The number of ether oxygens (including phenoxy) is 1. The standard InChI is InChI=1S/C17H20N2O3/c1-11-15(18-12(2)22-11)17(20)19-16(14-8-9-21-10-14)13-6-4-3-5-7-13/h3-7,14,16H,8-10H2,1-2H3,(H,19,20). The number of carbonyl (C=O) groups is 1. The Kier molecular flexibility index (Phi) is 4.24. The predicted molar refractivity (Wildman–Crippen MR) is 81.6 cm³/mol. The van der Waals surface area contributed by atoms with Crippen molar-refractivity contribution in [3.8, 4) is 0 Å². The summed E-state index contributed by atoms with van der Waals surface area (Å²) in [6, 6.07) is 9.92. The molecule has 0 aliphatic carbocycles. The molecule has 2 aromatic rings. The maximum atomic E-state index is 12.5. The fraction of sp³-hybridized carbons (Fsp3) is 0.412. The van der Waals surface area contributed by atoms with Crippen LogP contribution in [0.25, 0.3) is 0 Å². The van der Waals surface area contributed by atoms with Crippen LogP contribution in [0.5, 0.6) is 0 Å². The second-order valence-electron chi connectivity index (χ2n) is 5.62. The predicted octanol–water partition coefficient (Wildman–Crippen LogP) is 2.80. The SMILES string of the molecule is Cc1nc(C(=O)NC(c2ccccc2)C2CCOC2)c(C)o1. The van der Waals surface area contributed by atoms with Crippen LogP contribution in [0.4, 0.5) is 0 Å². The Hall–Kier alpha value is -2.14. The van der Waals surface area contributed by atoms with Crippen LogP contribution in [0.2, 0.25) is 0 Å². The molecule has 0 radical (unpaired) electrons. The van der Waals surface area contributed by atoms with Crippen molar-refractivity contribution in [3.63, 3.8) is 0 Å². The molecule has 1 amide bonds. The average molecular weight is 300 g/mol. The number of amides is 1. The summed E-state index contributed by atoms with van der Waals surface area (Å²) in [6.07, 6.45) is 0.941. The number of hydrogen-bond acceptors (Lipinski definition) is 4. The third kappa shape index (κ3) is 3.04. The van der Waals surface area contributed by atoms with E-state index in [2.05, 4.69) is 10.3 Å². The summed E-state index contributed by atoms with van der Waals surface area (Å²) in [5.41, 5.74) is 1.45. The van der Waals surface area contributed by atoms with E-state index in [9.17, 15) is 4.79 Å². The van der Waals surface area contributed by atoms with Crippen molar-refractivity contribution in [3.05, 3.63) is 53.2 Å². The molecule has 1 fully saturated rings. The zero-order valence-corrected chi connectivity index (χ0v) is 12.8. The van der Waals surface area contributed by atoms with Crippen molar-refractivity contribution in [1.29, 1.82) is 0 Å². The minimum absolute atomic E-state index is 0.0763. The first-order valence-corrected chi connectivity index (χ1v) is 7.52. The van der Waals surface area contributed by atoms with Crippen molar-refractivity contribution < 1.29 is 13.9 Å². The largest absolute Gasteiger partial charge is 0.445 e. The molecule has 2 unspecified atom stereocenters. The van der Waals surface area contributed by atoms with E-state index < -0.39 is 0 Å². The van der Waals surface area contributed by atoms with Crippen LogP contribution >= 0.6 is 0 Å². The van der Waals surface area contributed by atoms with Gasteiger partial charge in [0.2, 0.25) is 0 Å². The Morgan fingerprint density at radius 2 is 2.09 bits per heavy atom. The summed E-state index contributed by atoms with van der Waals surface area (Å²) in [5, 5.41) is 3.10. The van der Waals surface area contributed by atoms with Gasteiger partial charge in [0.25, 0.3) is 5.91 Å². The highest BCUT2D eigenvalue weighted by Gasteiger charge is 2.29. The fourth-order valence-corrected chi connectivity index (χ4v) is 2.90. The third-order valence-electron chi connectivity index (χ3n) is 4.00. The number of rotatable bonds is 4. The number of hydrogen-bond donors (Lipinski definition) is 1. The van der Waals surface area contributed by atoms with Crippen molar-refractivity contribution >= 4 is 5.91 Å². The van der Waals surface area contributed by atoms with Gasteiger partial charge >= 0.3 is 0 Å². The van der Waals surface area contributed by atoms with Crippen molar-refractivity contribution in [1.82, 2.24) is 10.3 Å². The van der Waals surface area contributed by atoms with E-state index in [0.717, 1.165) is 18.6 Å². The van der Waals surface area contributed by atoms with E-state index in [0.29, 0.717) is 24.0 Å². The molecule has 3 rings (SSSR count). The van der Waals surface area contributed by atoms with Crippen LogP contribution in [0.3, 0.4) is 0 Å². The summed E-state index contributed by atoms with van der Waals surface area (Å²) >= 11 is 0. The molecule has 1 N–H and O–H groups in total. The van der Waals surface area contributed by atoms with E-state index in [1.807, 2.05) is 30.3 Å². The van der Waals surface area contributed by atoms with Crippen LogP contribution in [0.1, 0.15) is 40.2 Å². The Morgan fingerprint density at radius 3 is 2.68 bits per heavy atom. The van der Waals surface area contributed by atoms with Crippen LogP contribution in [-0.2, 0) is 4.74 Å². The summed E-state index contributed by atoms with van der Waals surface area (Å²) in [4.78, 5) is 16.7. The highest BCUT2D eigenvalue weighted by Crippen LogP contribution is 2.29. The van der Waals surface area contributed by atoms with Gasteiger partial charge in [-0.1, -0.05) is 30.3 Å². The van der Waals surface area contributed by atoms with Gasteiger partial charge in [0.05, 0.1) is 12.6 Å². The average Bonchev–Trinajstić information content (AvgIpc) is 3.15. The van der Waals surface area contributed by atoms with E-state index in [1.54, 1.807) is 13.8 Å². The second kappa shape index (κ2) is 6.32. The first-order chi connectivity index (χ1) is 10.6. The molecule has 1 saturated heterocycles. The molecule has 5 heteroatoms. The Morgan fingerprint density at radius 1 is 1.32 bits per heavy atom. The van der Waals surface area contributed by atoms with Gasteiger partial charge in [-0.15, -0.1) is 0 Å². The summed E-state index contributed by atoms with van der Waals surface area (Å²) in [7, 11) is 0. The number of nitrogens with zero attached hydrogens (tertiary/aromatic N) is 1. The van der Waals surface area contributed by atoms with E-state index in [4.69, 9.17) is 9.15 Å². The Balaban J connectivity index is 1.83. The molecule has 0 saturated carbocycles. The highest BCUT2D eigenvalue weighted by molar-refractivity contribution is 5.93. The van der Waals surface area contributed by atoms with E-state index >= 15 is 0 Å². The number of carbonyl (C=O) groups excluding carboxylic acids is 1. The van der Waals surface area contributed by atoms with Gasteiger partial charge in [-0.2, -0.15) is 0 Å². The Labute approximate surface area is 129 Å². The fourth-order valence-electron chi connectivity index (χ4n) is 2.90. The van der Waals surface area contributed by atoms with Gasteiger partial charge in [-0.3, -0.25) is 4.79 Å². The molecule has 1 aromatic heterocycles. The van der Waals surface area contributed by atoms with Gasteiger partial charge in [0.15, 0.2) is 11.6 Å². The molecule has 1 aliphatic heterocycles. The van der Waals surface area contributed by atoms with Crippen LogP contribution in [0.15, 0.2) is 34.7 Å². The molecule has 1 aromatic carbocycles. The molecule has 0 spiro atoms. The quantitative estimate of drug-likeness (QED) is 0.943. The van der Waals surface area contributed by atoms with Gasteiger partial charge in [0.1, 0.15) is 5.76 Å². The zero-order chi connectivity index (χ0) is 15.5. The summed E-state index contributed by atoms with van der Waals surface area (Å²) in [5.74, 6) is 1.13. The minimum Gasteiger partial charge on any atom is -0.445 e. The van der Waals surface area contributed by atoms with E-state index in [1.165, 1.54) is 0 Å². The molecule has 2 atom stereocenters. The van der Waals surface area contributed by atoms with E-state index in [-0.39, 0.29) is 17.9 Å². The number of nitrogens with one attached hydrogen (secondary N) is 1. The zero-order valence-electron chi connectivity index (χ0n) is 12.8. The van der Waals surface area contributed by atoms with Gasteiger partial charge in [-0.25, -0.2) is 4.98 Å². The first kappa shape index (κ1) is 14.8. The van der Waals surface area contributed by atoms with Gasteiger partial charge in [-0.05, 0) is 18.9 Å². The molecular weight excluding hydrogens is 280 g/mol. The second-order valence-corrected chi connectivity index (χ2v) is 5.62. The first-order valence-electron chi connectivity index (χ1n) is 7.52. The molecular formula is C17H20N2O3. The smallest absolute Gasteiger partial charge is 0.274 e. The number of aryl methyl sites for hydroxylation is 2. The Bertz CT molecular complexity index is 645. The minimum atomic E-state index is -0.199. The lowest BCUT2D eigenvalue weighted by atomic mass is 9.92. The van der Waals surface area contributed by atoms with Crippen LogP contribution < -0.4 is 5.32 Å². The molecule has 116 valence electrons. The number of aromatic nitrogens is 1. The highest BCUT2D eigenvalue weighted by atomic mass is 16.5. The monoisotopic (exact) mass is 300 g/mol. The van der Waals surface area contributed by atoms with Crippen molar-refractivity contribution in [2.45, 2.75) is 26.3 Å². The van der Waals surface area contributed by atoms with Gasteiger partial charge in [0, 0.05) is 19.4 Å². The van der Waals surface area contributed by atoms with Crippen molar-refractivity contribution in [2.24, 2.45) is 5.92 Å². The molecule has 22 heavy (non-hydrogen) atoms. The van der Waals surface area contributed by atoms with Crippen molar-refractivity contribution in [2.75, 3.05) is 13.2 Å². The normalized spacial score (nSPS) is 19.1. The lowest BCUT2D eigenvalue weighted by Gasteiger charge is -2.24. The maximum absolute atomic E-state index is 12.5. The topological polar surface area (TPSA) is 64.4 Å². The van der Waals surface area contributed by atoms with Crippen LogP contribution in [0, 0.1) is 19.8 Å². The number of oxazole rings is 1. The number of benzene rings is 1. The summed E-state index contributed by atoms with van der Waals surface area (Å²) in [6.45, 7) is 4.90. The van der Waals surface area contributed by atoms with Gasteiger partial charge < -0.3 is 14.5 Å². The molecule has 0 bridgehead atoms. The molecule has 5 nitrogen and oxygen atoms in total. The third-order valence-corrected chi connectivity index (χ3v) is 4.00. The lowest BCUT2D eigenvalue weighted by molar-refractivity contribution is 0.0910. The molecule has 2 heterocycles. The molecule has 1 aliphatic rings. The summed E-state index contributed by atoms with van der Waals surface area (Å²) < 4.78 is 10.8.